The van der Waals surface area contributed by atoms with Crippen molar-refractivity contribution in [1.29, 1.82) is 0 Å². The SMILES string of the molecule is O=C(O)c1cncc(-c2ccc(OC(F)(F)F)cc2)n1. The molecule has 0 saturated carbocycles. The van der Waals surface area contributed by atoms with Crippen molar-refractivity contribution >= 4 is 5.97 Å². The van der Waals surface area contributed by atoms with Crippen molar-refractivity contribution in [3.8, 4) is 17.0 Å². The summed E-state index contributed by atoms with van der Waals surface area (Å²) in [4.78, 5) is 18.3. The van der Waals surface area contributed by atoms with Crippen LogP contribution in [0.1, 0.15) is 10.5 Å². The van der Waals surface area contributed by atoms with Crippen LogP contribution >= 0.6 is 0 Å². The van der Waals surface area contributed by atoms with Gasteiger partial charge in [0.15, 0.2) is 5.69 Å². The summed E-state index contributed by atoms with van der Waals surface area (Å²) < 4.78 is 39.7. The van der Waals surface area contributed by atoms with Crippen molar-refractivity contribution < 1.29 is 27.8 Å². The van der Waals surface area contributed by atoms with Crippen LogP contribution < -0.4 is 4.74 Å². The molecule has 0 fully saturated rings. The second-order valence-corrected chi connectivity index (χ2v) is 3.67. The number of ether oxygens (including phenoxy) is 1. The molecular weight excluding hydrogens is 277 g/mol. The number of halogens is 3. The van der Waals surface area contributed by atoms with Gasteiger partial charge in [0, 0.05) is 5.56 Å². The molecule has 2 rings (SSSR count). The van der Waals surface area contributed by atoms with Gasteiger partial charge in [0.05, 0.1) is 18.1 Å². The van der Waals surface area contributed by atoms with Crippen LogP contribution in [0.4, 0.5) is 13.2 Å². The van der Waals surface area contributed by atoms with Crippen molar-refractivity contribution in [2.75, 3.05) is 0 Å². The van der Waals surface area contributed by atoms with E-state index in [2.05, 4.69) is 14.7 Å². The average Bonchev–Trinajstić information content (AvgIpc) is 2.38. The second kappa shape index (κ2) is 5.16. The zero-order valence-electron chi connectivity index (χ0n) is 9.76. The van der Waals surface area contributed by atoms with Gasteiger partial charge in [0.25, 0.3) is 0 Å². The third kappa shape index (κ3) is 3.44. The van der Waals surface area contributed by atoms with E-state index in [1.54, 1.807) is 0 Å². The van der Waals surface area contributed by atoms with Gasteiger partial charge in [0.2, 0.25) is 0 Å². The Kier molecular flexibility index (Phi) is 3.55. The van der Waals surface area contributed by atoms with Crippen molar-refractivity contribution in [2.24, 2.45) is 0 Å². The van der Waals surface area contributed by atoms with E-state index in [4.69, 9.17) is 5.11 Å². The Morgan fingerprint density at radius 2 is 1.80 bits per heavy atom. The molecule has 104 valence electrons. The smallest absolute Gasteiger partial charge is 0.476 e. The topological polar surface area (TPSA) is 72.3 Å². The number of nitrogens with zero attached hydrogens (tertiary/aromatic N) is 2. The minimum absolute atomic E-state index is 0.239. The summed E-state index contributed by atoms with van der Waals surface area (Å²) >= 11 is 0. The maximum atomic E-state index is 12.0. The Hall–Kier alpha value is -2.64. The summed E-state index contributed by atoms with van der Waals surface area (Å²) in [6.07, 6.45) is -2.37. The van der Waals surface area contributed by atoms with E-state index >= 15 is 0 Å². The third-order valence-electron chi connectivity index (χ3n) is 2.24. The van der Waals surface area contributed by atoms with Crippen molar-refractivity contribution in [3.63, 3.8) is 0 Å². The number of aromatic nitrogens is 2. The molecule has 8 heteroatoms. The van der Waals surface area contributed by atoms with Gasteiger partial charge >= 0.3 is 12.3 Å². The van der Waals surface area contributed by atoms with Crippen molar-refractivity contribution in [2.45, 2.75) is 6.36 Å². The minimum atomic E-state index is -4.76. The Morgan fingerprint density at radius 1 is 1.15 bits per heavy atom. The zero-order chi connectivity index (χ0) is 14.8. The number of benzene rings is 1. The number of alkyl halides is 3. The summed E-state index contributed by atoms with van der Waals surface area (Å²) in [5.74, 6) is -1.61. The number of hydrogen-bond donors (Lipinski definition) is 1. The number of carboxylic acids is 1. The van der Waals surface area contributed by atoms with Crippen LogP contribution in [0.15, 0.2) is 36.7 Å². The van der Waals surface area contributed by atoms with Gasteiger partial charge in [-0.15, -0.1) is 13.2 Å². The lowest BCUT2D eigenvalue weighted by molar-refractivity contribution is -0.274. The van der Waals surface area contributed by atoms with E-state index in [1.165, 1.54) is 18.3 Å². The average molecular weight is 284 g/mol. The highest BCUT2D eigenvalue weighted by atomic mass is 19.4. The minimum Gasteiger partial charge on any atom is -0.476 e. The highest BCUT2D eigenvalue weighted by Crippen LogP contribution is 2.25. The molecule has 0 aliphatic rings. The first-order valence-electron chi connectivity index (χ1n) is 5.27. The van der Waals surface area contributed by atoms with Gasteiger partial charge in [-0.1, -0.05) is 0 Å². The predicted octanol–water partition coefficient (Wildman–Crippen LogP) is 2.74. The molecule has 0 aliphatic heterocycles. The normalized spacial score (nSPS) is 11.2. The van der Waals surface area contributed by atoms with Crippen molar-refractivity contribution in [1.82, 2.24) is 9.97 Å². The summed E-state index contributed by atoms with van der Waals surface area (Å²) in [6, 6.07) is 4.88. The summed E-state index contributed by atoms with van der Waals surface area (Å²) in [5.41, 5.74) is 0.414. The molecule has 1 aromatic heterocycles. The standard InChI is InChI=1S/C12H7F3N2O3/c13-12(14,15)20-8-3-1-7(2-4-8)9-5-16-6-10(17-9)11(18)19/h1-6H,(H,18,19). The highest BCUT2D eigenvalue weighted by molar-refractivity contribution is 5.85. The molecule has 0 atom stereocenters. The molecule has 0 spiro atoms. The van der Waals surface area contributed by atoms with E-state index < -0.39 is 12.3 Å². The first-order chi connectivity index (χ1) is 9.35. The number of rotatable bonds is 3. The molecule has 0 bridgehead atoms. The molecule has 2 aromatic rings. The first kappa shape index (κ1) is 13.8. The van der Waals surface area contributed by atoms with Crippen LogP contribution in [0, 0.1) is 0 Å². The molecule has 1 heterocycles. The maximum absolute atomic E-state index is 12.0. The Balaban J connectivity index is 2.26. The number of carboxylic acid groups (broad SMARTS) is 1. The van der Waals surface area contributed by atoms with Gasteiger partial charge in [0.1, 0.15) is 5.75 Å². The fourth-order valence-electron chi connectivity index (χ4n) is 1.44. The third-order valence-corrected chi connectivity index (χ3v) is 2.24. The van der Waals surface area contributed by atoms with Crippen LogP contribution in [0.3, 0.4) is 0 Å². The maximum Gasteiger partial charge on any atom is 0.573 e. The van der Waals surface area contributed by atoms with E-state index in [0.29, 0.717) is 5.56 Å². The zero-order valence-corrected chi connectivity index (χ0v) is 9.76. The van der Waals surface area contributed by atoms with Crippen LogP contribution in [-0.2, 0) is 0 Å². The molecule has 0 unspecified atom stereocenters. The fourth-order valence-corrected chi connectivity index (χ4v) is 1.44. The number of aromatic carboxylic acids is 1. The lowest BCUT2D eigenvalue weighted by Gasteiger charge is -2.09. The molecule has 0 aliphatic carbocycles. The molecule has 20 heavy (non-hydrogen) atoms. The van der Waals surface area contributed by atoms with Crippen LogP contribution in [0.25, 0.3) is 11.3 Å². The fraction of sp³-hybridized carbons (Fsp3) is 0.0833. The van der Waals surface area contributed by atoms with Gasteiger partial charge in [-0.05, 0) is 24.3 Å². The molecule has 1 aromatic carbocycles. The van der Waals surface area contributed by atoms with E-state index in [0.717, 1.165) is 18.3 Å². The Morgan fingerprint density at radius 3 is 2.35 bits per heavy atom. The molecule has 5 nitrogen and oxygen atoms in total. The number of carbonyl (C=O) groups is 1. The quantitative estimate of drug-likeness (QED) is 0.938. The van der Waals surface area contributed by atoms with Gasteiger partial charge < -0.3 is 9.84 Å². The highest BCUT2D eigenvalue weighted by Gasteiger charge is 2.30. The van der Waals surface area contributed by atoms with Gasteiger partial charge in [-0.2, -0.15) is 0 Å². The molecule has 0 saturated heterocycles. The lowest BCUT2D eigenvalue weighted by Crippen LogP contribution is -2.16. The predicted molar refractivity (Wildman–Crippen MR) is 61.1 cm³/mol. The van der Waals surface area contributed by atoms with E-state index in [-0.39, 0.29) is 17.1 Å². The molecule has 0 amide bonds. The monoisotopic (exact) mass is 284 g/mol. The largest absolute Gasteiger partial charge is 0.573 e. The number of hydrogen-bond acceptors (Lipinski definition) is 4. The lowest BCUT2D eigenvalue weighted by atomic mass is 10.1. The van der Waals surface area contributed by atoms with Crippen LogP contribution in [0.2, 0.25) is 0 Å². The Bertz CT molecular complexity index is 627. The van der Waals surface area contributed by atoms with E-state index in [1.807, 2.05) is 0 Å². The Labute approximate surface area is 110 Å². The van der Waals surface area contributed by atoms with Crippen LogP contribution in [0.5, 0.6) is 5.75 Å². The molecular formula is C12H7F3N2O3. The second-order valence-electron chi connectivity index (χ2n) is 3.67. The van der Waals surface area contributed by atoms with Gasteiger partial charge in [-0.3, -0.25) is 4.98 Å². The van der Waals surface area contributed by atoms with Crippen molar-refractivity contribution in [3.05, 3.63) is 42.4 Å². The summed E-state index contributed by atoms with van der Waals surface area (Å²) in [6.45, 7) is 0. The summed E-state index contributed by atoms with van der Waals surface area (Å²) in [7, 11) is 0. The van der Waals surface area contributed by atoms with Crippen LogP contribution in [-0.4, -0.2) is 27.4 Å². The first-order valence-corrected chi connectivity index (χ1v) is 5.27. The van der Waals surface area contributed by atoms with Gasteiger partial charge in [-0.25, -0.2) is 9.78 Å². The molecule has 0 radical (unpaired) electrons. The van der Waals surface area contributed by atoms with E-state index in [9.17, 15) is 18.0 Å². The molecule has 1 N–H and O–H groups in total. The summed E-state index contributed by atoms with van der Waals surface area (Å²) in [5, 5.41) is 8.78.